The first-order chi connectivity index (χ1) is 0. The van der Waals surface area contributed by atoms with Gasteiger partial charge in [-0.2, -0.15) is 0 Å². The first kappa shape index (κ1) is 7330000. The summed E-state index contributed by atoms with van der Waals surface area (Å²) in [6, 6.07) is 0. The molecule has 0 radical (unpaired) electrons. The Bertz CT molecular complexity index is 15.6. The molecule has 0 aromatic carbocycles. The van der Waals surface area contributed by atoms with E-state index in [0.717, 1.165) is 0 Å². The van der Waals surface area contributed by atoms with Crippen molar-refractivity contribution in [3.8, 4) is 0 Å². The molecule has 0 atom stereocenters. The van der Waals surface area contributed by atoms with Gasteiger partial charge in [0.25, 0.3) is 0 Å². The normalized spacial score (nSPS) is 0. The summed E-state index contributed by atoms with van der Waals surface area (Å²) < 4.78 is 0. The molecule has 0 aliphatic heterocycles. The summed E-state index contributed by atoms with van der Waals surface area (Å²) in [5.41, 5.74) is 0. The van der Waals surface area contributed by atoms with Crippen LogP contribution in [-0.4, -0.2) is 133 Å². The summed E-state index contributed by atoms with van der Waals surface area (Å²) in [5, 5.41) is 0. The molecule has 0 spiro atoms. The second-order valence-corrected chi connectivity index (χ2v) is 0. The number of hydrogen-bond donors (Lipinski definition) is 0. The van der Waals surface area contributed by atoms with Gasteiger partial charge in [0.2, 0.25) is 0 Å². The van der Waals surface area contributed by atoms with Crippen LogP contribution < -0.4 is 0 Å². The third kappa shape index (κ3) is 5650000. The minimum atomic E-state index is 0. The molecule has 0 unspecified atom stereocenters. The molecule has 0 heterocycles. The molecule has 0 aromatic heterocycles. The maximum Gasteiger partial charge on any atom is 2.00 e. The molecule has 0 fully saturated rings. The fourth-order valence-corrected chi connectivity index (χ4v) is 0. The van der Waals surface area contributed by atoms with Crippen LogP contribution in [0.5, 0.6) is 0 Å². The van der Waals surface area contributed by atoms with Crippen LogP contribution in [0, 0.1) is 0 Å². The van der Waals surface area contributed by atoms with Crippen molar-refractivity contribution < 1.29 is 112 Å². The molecule has 0 bridgehead atoms. The Morgan fingerprint density at radius 2 is 0.143 bits per heavy atom. The van der Waals surface area contributed by atoms with Crippen LogP contribution in [0.25, 0.3) is 0 Å². The zero-order valence-electron chi connectivity index (χ0n) is 12.7. The first-order valence-electron chi connectivity index (χ1n) is 0. The molecular weight excluding hydrogens is 344 g/mol. The van der Waals surface area contributed by atoms with E-state index in [1.807, 2.05) is 0 Å². The zero-order chi connectivity index (χ0) is 0. The second-order valence-electron chi connectivity index (χ2n) is 0. The van der Waals surface area contributed by atoms with E-state index in [1.165, 1.54) is 0 Å². The Kier molecular flexibility index (Phi) is 2200000000000. The maximum absolute atomic E-state index is 0. The molecule has 21 heteroatoms. The van der Waals surface area contributed by atoms with Gasteiger partial charge in [0.1, 0.15) is 0 Å². The number of rotatable bonds is 0. The van der Waals surface area contributed by atoms with Crippen LogP contribution >= 0.6 is 0 Å². The van der Waals surface area contributed by atoms with E-state index >= 15 is 0 Å². The monoisotopic (exact) mass is 386 g/mol. The standard InChI is InChI=1S/Mg.20H2O.2H/h;20*1H2;;/q+2;;;;;;;;;;;;;;;;;;;;;2*-1. The van der Waals surface area contributed by atoms with Crippen LogP contribution in [0.1, 0.15) is 2.85 Å². The summed E-state index contributed by atoms with van der Waals surface area (Å²) in [7, 11) is 0. The smallest absolute Gasteiger partial charge is 1.00 e. The SMILES string of the molecule is O.O.O.O.O.O.O.O.O.O.O.O.O.O.O.O.O.O.O.O.[H-].[H-].[Mg+2]. The number of hydrogen-bond acceptors (Lipinski definition) is 0. The summed E-state index contributed by atoms with van der Waals surface area (Å²) in [6.45, 7) is 0. The van der Waals surface area contributed by atoms with Gasteiger partial charge in [0, 0.05) is 0 Å². The Labute approximate surface area is 136 Å². The first-order valence-corrected chi connectivity index (χ1v) is 0. The molecule has 20 nitrogen and oxygen atoms in total. The van der Waals surface area contributed by atoms with Crippen molar-refractivity contribution in [3.63, 3.8) is 0 Å². The van der Waals surface area contributed by atoms with Crippen molar-refractivity contribution in [1.82, 2.24) is 0 Å². The van der Waals surface area contributed by atoms with Gasteiger partial charge in [0.15, 0.2) is 0 Å². The third-order valence-electron chi connectivity index (χ3n) is 0. The van der Waals surface area contributed by atoms with E-state index in [4.69, 9.17) is 0 Å². The summed E-state index contributed by atoms with van der Waals surface area (Å²) in [4.78, 5) is 0. The molecule has 0 aromatic rings. The van der Waals surface area contributed by atoms with Crippen molar-refractivity contribution in [1.29, 1.82) is 0 Å². The average Bonchev–Trinajstić information content (AvgIpc) is 0. The summed E-state index contributed by atoms with van der Waals surface area (Å²) in [5.74, 6) is 0. The van der Waals surface area contributed by atoms with E-state index in [9.17, 15) is 0 Å². The van der Waals surface area contributed by atoms with Gasteiger partial charge in [-0.1, -0.05) is 0 Å². The van der Waals surface area contributed by atoms with Crippen molar-refractivity contribution in [2.45, 2.75) is 0 Å². The van der Waals surface area contributed by atoms with Gasteiger partial charge in [-0.05, 0) is 0 Å². The molecule has 0 saturated carbocycles. The topological polar surface area (TPSA) is 630 Å². The molecule has 40 N–H and O–H groups in total. The molecule has 21 heavy (non-hydrogen) atoms. The average molecular weight is 387 g/mol. The molecule has 0 aliphatic rings. The fraction of sp³-hybridized carbons (Fsp3) is 0. The molecule has 0 aliphatic carbocycles. The van der Waals surface area contributed by atoms with E-state index in [1.54, 1.807) is 0 Å². The molecule has 164 valence electrons. The summed E-state index contributed by atoms with van der Waals surface area (Å²) >= 11 is 0. The van der Waals surface area contributed by atoms with Gasteiger partial charge >= 0.3 is 23.1 Å². The third-order valence-corrected chi connectivity index (χ3v) is 0. The fourth-order valence-electron chi connectivity index (χ4n) is 0. The van der Waals surface area contributed by atoms with Gasteiger partial charge in [-0.3, -0.25) is 0 Å². The zero-order valence-corrected chi connectivity index (χ0v) is 12.1. The van der Waals surface area contributed by atoms with Crippen molar-refractivity contribution in [2.75, 3.05) is 0 Å². The van der Waals surface area contributed by atoms with Crippen LogP contribution in [0.4, 0.5) is 0 Å². The van der Waals surface area contributed by atoms with Crippen LogP contribution in [0.3, 0.4) is 0 Å². The van der Waals surface area contributed by atoms with Crippen molar-refractivity contribution in [2.24, 2.45) is 0 Å². The van der Waals surface area contributed by atoms with E-state index < -0.39 is 0 Å². The van der Waals surface area contributed by atoms with Crippen molar-refractivity contribution in [3.05, 3.63) is 0 Å². The minimum absolute atomic E-state index is 0. The van der Waals surface area contributed by atoms with Gasteiger partial charge in [-0.25, -0.2) is 0 Å². The van der Waals surface area contributed by atoms with Crippen LogP contribution in [0.2, 0.25) is 0 Å². The van der Waals surface area contributed by atoms with Crippen LogP contribution in [0.15, 0.2) is 0 Å². The van der Waals surface area contributed by atoms with Crippen molar-refractivity contribution >= 4 is 23.1 Å². The molecule has 0 saturated heterocycles. The van der Waals surface area contributed by atoms with E-state index in [2.05, 4.69) is 0 Å². The predicted molar refractivity (Wildman–Crippen MR) is 80.3 cm³/mol. The largest absolute Gasteiger partial charge is 2.00 e. The minimum Gasteiger partial charge on any atom is -1.00 e. The second kappa shape index (κ2) is 6300000. The Morgan fingerprint density at radius 1 is 0.143 bits per heavy atom. The molecule has 0 rings (SSSR count). The van der Waals surface area contributed by atoms with Gasteiger partial charge in [-0.15, -0.1) is 0 Å². The van der Waals surface area contributed by atoms with E-state index in [-0.39, 0.29) is 135 Å². The molecular formula is H42MgO20. The quantitative estimate of drug-likeness (QED) is 0.349. The Balaban J connectivity index is 0. The predicted octanol–water partition coefficient (Wildman–Crippen LogP) is -16.6. The molecule has 0 amide bonds. The maximum atomic E-state index is 0. The Hall–Kier alpha value is -0.0338. The van der Waals surface area contributed by atoms with Gasteiger partial charge in [0.05, 0.1) is 0 Å². The van der Waals surface area contributed by atoms with E-state index in [0.29, 0.717) is 0 Å². The summed E-state index contributed by atoms with van der Waals surface area (Å²) in [6.07, 6.45) is 0. The van der Waals surface area contributed by atoms with Crippen LogP contribution in [-0.2, 0) is 0 Å². The van der Waals surface area contributed by atoms with Gasteiger partial charge < -0.3 is 112 Å². The Morgan fingerprint density at radius 3 is 0.143 bits per heavy atom.